The second-order valence-corrected chi connectivity index (χ2v) is 11.5. The van der Waals surface area contributed by atoms with Gasteiger partial charge in [0.15, 0.2) is 0 Å². The van der Waals surface area contributed by atoms with Crippen LogP contribution in [0.2, 0.25) is 19.6 Å². The van der Waals surface area contributed by atoms with E-state index in [2.05, 4.69) is 75.9 Å². The molecule has 1 aromatic heterocycles. The quantitative estimate of drug-likeness (QED) is 0.744. The Kier molecular flexibility index (Phi) is 3.63. The molecular weight excluding hydrogens is 246 g/mol. The Labute approximate surface area is 117 Å². The van der Waals surface area contributed by atoms with Crippen LogP contribution in [0.5, 0.6) is 0 Å². The fourth-order valence-electron chi connectivity index (χ4n) is 2.40. The van der Waals surface area contributed by atoms with Crippen LogP contribution in [0, 0.1) is 20.8 Å². The average Bonchev–Trinajstić information content (AvgIpc) is 2.31. The predicted octanol–water partition coefficient (Wildman–Crippen LogP) is 4.22. The number of hydrogen-bond donors (Lipinski definition) is 0. The van der Waals surface area contributed by atoms with Crippen molar-refractivity contribution >= 4 is 13.3 Å². The van der Waals surface area contributed by atoms with Crippen LogP contribution in [-0.4, -0.2) is 13.1 Å². The molecular formula is C17H23NSi. The van der Waals surface area contributed by atoms with Crippen molar-refractivity contribution in [1.29, 1.82) is 0 Å². The molecule has 1 heterocycles. The monoisotopic (exact) mass is 269 g/mol. The van der Waals surface area contributed by atoms with E-state index in [0.717, 1.165) is 5.69 Å². The summed E-state index contributed by atoms with van der Waals surface area (Å²) in [5.41, 5.74) is 6.34. The van der Waals surface area contributed by atoms with E-state index in [-0.39, 0.29) is 0 Å². The summed E-state index contributed by atoms with van der Waals surface area (Å²) in [5.74, 6) is 0. The molecule has 0 unspecified atom stereocenters. The molecule has 1 nitrogen and oxygen atoms in total. The molecule has 0 bridgehead atoms. The third-order valence-electron chi connectivity index (χ3n) is 3.72. The Bertz CT molecular complexity index is 609. The molecule has 0 radical (unpaired) electrons. The lowest BCUT2D eigenvalue weighted by Crippen LogP contribution is -2.39. The lowest BCUT2D eigenvalue weighted by Gasteiger charge is -2.19. The Morgan fingerprint density at radius 1 is 0.842 bits per heavy atom. The van der Waals surface area contributed by atoms with E-state index in [1.165, 1.54) is 27.4 Å². The van der Waals surface area contributed by atoms with Gasteiger partial charge in [-0.1, -0.05) is 31.8 Å². The first-order valence-corrected chi connectivity index (χ1v) is 10.3. The zero-order valence-electron chi connectivity index (χ0n) is 12.8. The molecule has 1 aromatic carbocycles. The van der Waals surface area contributed by atoms with Crippen molar-refractivity contribution in [3.63, 3.8) is 0 Å². The van der Waals surface area contributed by atoms with Crippen LogP contribution < -0.4 is 5.19 Å². The van der Waals surface area contributed by atoms with Crippen molar-refractivity contribution in [2.24, 2.45) is 0 Å². The van der Waals surface area contributed by atoms with Gasteiger partial charge in [0.1, 0.15) is 0 Å². The van der Waals surface area contributed by atoms with Gasteiger partial charge in [-0.2, -0.15) is 0 Å². The largest absolute Gasteiger partial charge is 0.256 e. The van der Waals surface area contributed by atoms with Gasteiger partial charge in [0.25, 0.3) is 0 Å². The zero-order valence-corrected chi connectivity index (χ0v) is 13.8. The number of hydrogen-bond acceptors (Lipinski definition) is 1. The van der Waals surface area contributed by atoms with Crippen LogP contribution >= 0.6 is 0 Å². The number of pyridine rings is 1. The smallest absolute Gasteiger partial charge is 0.0799 e. The van der Waals surface area contributed by atoms with Crippen LogP contribution in [-0.2, 0) is 0 Å². The summed E-state index contributed by atoms with van der Waals surface area (Å²) in [6, 6.07) is 8.80. The molecule has 2 aromatic rings. The van der Waals surface area contributed by atoms with Crippen LogP contribution in [0.3, 0.4) is 0 Å². The molecule has 19 heavy (non-hydrogen) atoms. The van der Waals surface area contributed by atoms with Crippen molar-refractivity contribution in [1.82, 2.24) is 4.98 Å². The zero-order chi connectivity index (χ0) is 14.2. The molecule has 0 spiro atoms. The minimum atomic E-state index is -1.28. The summed E-state index contributed by atoms with van der Waals surface area (Å²) in [5, 5.41) is 1.46. The van der Waals surface area contributed by atoms with E-state index < -0.39 is 8.07 Å². The van der Waals surface area contributed by atoms with Crippen molar-refractivity contribution in [3.05, 3.63) is 47.2 Å². The SMILES string of the molecule is Cc1ccc(-c2cc(C)c([Si](C)(C)C)cn2)cc1C. The molecule has 0 aliphatic heterocycles. The van der Waals surface area contributed by atoms with Gasteiger partial charge in [-0.3, -0.25) is 4.98 Å². The third-order valence-corrected chi connectivity index (χ3v) is 5.86. The first-order valence-electron chi connectivity index (χ1n) is 6.84. The van der Waals surface area contributed by atoms with E-state index in [0.29, 0.717) is 0 Å². The maximum absolute atomic E-state index is 4.68. The second kappa shape index (κ2) is 4.93. The first-order chi connectivity index (χ1) is 8.79. The molecule has 0 aliphatic rings. The van der Waals surface area contributed by atoms with Gasteiger partial charge in [0.2, 0.25) is 0 Å². The minimum Gasteiger partial charge on any atom is -0.256 e. The van der Waals surface area contributed by atoms with Gasteiger partial charge in [-0.05, 0) is 54.8 Å². The Hall–Kier alpha value is -1.41. The topological polar surface area (TPSA) is 12.9 Å². The van der Waals surface area contributed by atoms with E-state index in [1.54, 1.807) is 0 Å². The lowest BCUT2D eigenvalue weighted by atomic mass is 10.0. The van der Waals surface area contributed by atoms with Gasteiger partial charge in [-0.15, -0.1) is 0 Å². The fraction of sp³-hybridized carbons (Fsp3) is 0.353. The molecule has 0 aliphatic carbocycles. The number of aryl methyl sites for hydroxylation is 3. The fourth-order valence-corrected chi connectivity index (χ4v) is 4.11. The first kappa shape index (κ1) is 14.0. The van der Waals surface area contributed by atoms with E-state index >= 15 is 0 Å². The van der Waals surface area contributed by atoms with Crippen LogP contribution in [0.15, 0.2) is 30.5 Å². The summed E-state index contributed by atoms with van der Waals surface area (Å²) >= 11 is 0. The normalized spacial score (nSPS) is 11.7. The van der Waals surface area contributed by atoms with Crippen LogP contribution in [0.25, 0.3) is 11.3 Å². The number of aromatic nitrogens is 1. The number of nitrogens with zero attached hydrogens (tertiary/aromatic N) is 1. The molecule has 0 saturated heterocycles. The van der Waals surface area contributed by atoms with Gasteiger partial charge in [0.05, 0.1) is 13.8 Å². The van der Waals surface area contributed by atoms with Crippen LogP contribution in [0.1, 0.15) is 16.7 Å². The molecule has 2 heteroatoms. The van der Waals surface area contributed by atoms with Gasteiger partial charge < -0.3 is 0 Å². The molecule has 0 saturated carbocycles. The minimum absolute atomic E-state index is 1.09. The highest BCUT2D eigenvalue weighted by Gasteiger charge is 2.19. The van der Waals surface area contributed by atoms with Crippen molar-refractivity contribution in [2.45, 2.75) is 40.4 Å². The highest BCUT2D eigenvalue weighted by molar-refractivity contribution is 6.89. The standard InChI is InChI=1S/C17H23NSi/c1-12-7-8-15(9-13(12)2)16-10-14(3)17(11-18-16)19(4,5)6/h7-11H,1-6H3. The number of rotatable bonds is 2. The van der Waals surface area contributed by atoms with Gasteiger partial charge >= 0.3 is 0 Å². The maximum Gasteiger partial charge on any atom is 0.0799 e. The molecule has 2 rings (SSSR count). The Balaban J connectivity index is 2.47. The van der Waals surface area contributed by atoms with E-state index in [9.17, 15) is 0 Å². The highest BCUT2D eigenvalue weighted by Crippen LogP contribution is 2.21. The number of benzene rings is 1. The average molecular weight is 269 g/mol. The van der Waals surface area contributed by atoms with Crippen molar-refractivity contribution in [3.8, 4) is 11.3 Å². The van der Waals surface area contributed by atoms with E-state index in [1.807, 2.05) is 0 Å². The molecule has 0 N–H and O–H groups in total. The maximum atomic E-state index is 4.68. The Morgan fingerprint density at radius 2 is 1.53 bits per heavy atom. The summed E-state index contributed by atoms with van der Waals surface area (Å²) in [7, 11) is -1.28. The van der Waals surface area contributed by atoms with Crippen molar-refractivity contribution < 1.29 is 0 Å². The molecule has 100 valence electrons. The van der Waals surface area contributed by atoms with Crippen molar-refractivity contribution in [2.75, 3.05) is 0 Å². The predicted molar refractivity (Wildman–Crippen MR) is 86.9 cm³/mol. The second-order valence-electron chi connectivity index (χ2n) is 6.43. The highest BCUT2D eigenvalue weighted by atomic mass is 28.3. The third kappa shape index (κ3) is 2.95. The summed E-state index contributed by atoms with van der Waals surface area (Å²) in [6.07, 6.45) is 2.09. The van der Waals surface area contributed by atoms with Gasteiger partial charge in [-0.25, -0.2) is 0 Å². The lowest BCUT2D eigenvalue weighted by molar-refractivity contribution is 1.28. The van der Waals surface area contributed by atoms with E-state index in [4.69, 9.17) is 0 Å². The summed E-state index contributed by atoms with van der Waals surface area (Å²) in [4.78, 5) is 4.68. The van der Waals surface area contributed by atoms with Gasteiger partial charge in [0, 0.05) is 11.8 Å². The molecule has 0 fully saturated rings. The summed E-state index contributed by atoms with van der Waals surface area (Å²) < 4.78 is 0. The summed E-state index contributed by atoms with van der Waals surface area (Å²) in [6.45, 7) is 13.6. The Morgan fingerprint density at radius 3 is 2.05 bits per heavy atom. The molecule has 0 amide bonds. The van der Waals surface area contributed by atoms with Crippen LogP contribution in [0.4, 0.5) is 0 Å². The molecule has 0 atom stereocenters.